The van der Waals surface area contributed by atoms with Gasteiger partial charge < -0.3 is 4.57 Å². The van der Waals surface area contributed by atoms with Crippen molar-refractivity contribution in [3.05, 3.63) is 18.2 Å². The van der Waals surface area contributed by atoms with Crippen LogP contribution >= 0.6 is 0 Å². The van der Waals surface area contributed by atoms with Crippen molar-refractivity contribution in [1.82, 2.24) is 9.55 Å². The van der Waals surface area contributed by atoms with Gasteiger partial charge in [0, 0.05) is 13.2 Å². The van der Waals surface area contributed by atoms with E-state index in [-0.39, 0.29) is 0 Å². The highest BCUT2D eigenvalue weighted by molar-refractivity contribution is 5.02. The second kappa shape index (κ2) is 2.86. The zero-order valence-electron chi connectivity index (χ0n) is 6.83. The third-order valence-corrected chi connectivity index (χ3v) is 1.84. The Morgan fingerprint density at radius 1 is 1.70 bits per heavy atom. The summed E-state index contributed by atoms with van der Waals surface area (Å²) in [5.41, 5.74) is 1.20. The maximum absolute atomic E-state index is 4.25. The summed E-state index contributed by atoms with van der Waals surface area (Å²) in [5.74, 6) is 0.598. The maximum atomic E-state index is 4.25. The lowest BCUT2D eigenvalue weighted by molar-refractivity contribution is 0.712. The van der Waals surface area contributed by atoms with Gasteiger partial charge in [0.25, 0.3) is 0 Å². The molecule has 0 N–H and O–H groups in total. The van der Waals surface area contributed by atoms with E-state index in [9.17, 15) is 0 Å². The monoisotopic (exact) mass is 138 g/mol. The molecule has 0 saturated heterocycles. The molecule has 0 saturated carbocycles. The van der Waals surface area contributed by atoms with Crippen molar-refractivity contribution >= 4 is 0 Å². The summed E-state index contributed by atoms with van der Waals surface area (Å²) in [4.78, 5) is 4.25. The Morgan fingerprint density at radius 2 is 2.40 bits per heavy atom. The molecule has 0 aromatic carbocycles. The van der Waals surface area contributed by atoms with Crippen molar-refractivity contribution in [2.75, 3.05) is 0 Å². The van der Waals surface area contributed by atoms with Gasteiger partial charge in [-0.2, -0.15) is 0 Å². The first-order chi connectivity index (χ1) is 4.74. The van der Waals surface area contributed by atoms with Crippen molar-refractivity contribution in [3.63, 3.8) is 0 Å². The van der Waals surface area contributed by atoms with Crippen LogP contribution in [-0.4, -0.2) is 9.55 Å². The van der Waals surface area contributed by atoms with Crippen LogP contribution in [-0.2, 0) is 7.05 Å². The van der Waals surface area contributed by atoms with E-state index in [0.29, 0.717) is 5.92 Å². The second-order valence-corrected chi connectivity index (χ2v) is 2.77. The van der Waals surface area contributed by atoms with E-state index < -0.39 is 0 Å². The molecule has 10 heavy (non-hydrogen) atoms. The van der Waals surface area contributed by atoms with Crippen molar-refractivity contribution in [2.45, 2.75) is 26.2 Å². The predicted octanol–water partition coefficient (Wildman–Crippen LogP) is 1.93. The summed E-state index contributed by atoms with van der Waals surface area (Å²) in [5, 5.41) is 0. The highest BCUT2D eigenvalue weighted by atomic mass is 15.0. The van der Waals surface area contributed by atoms with E-state index in [1.165, 1.54) is 5.69 Å². The van der Waals surface area contributed by atoms with Crippen LogP contribution in [0.2, 0.25) is 0 Å². The van der Waals surface area contributed by atoms with E-state index >= 15 is 0 Å². The minimum Gasteiger partial charge on any atom is -0.340 e. The molecule has 0 spiro atoms. The fourth-order valence-electron chi connectivity index (χ4n) is 0.897. The first-order valence-corrected chi connectivity index (χ1v) is 3.72. The molecule has 1 rings (SSSR count). The van der Waals surface area contributed by atoms with Gasteiger partial charge in [-0.25, -0.2) is 4.98 Å². The van der Waals surface area contributed by atoms with Gasteiger partial charge >= 0.3 is 0 Å². The molecule has 0 fully saturated rings. The smallest absolute Gasteiger partial charge is 0.0946 e. The van der Waals surface area contributed by atoms with Gasteiger partial charge in [-0.15, -0.1) is 0 Å². The zero-order chi connectivity index (χ0) is 7.56. The number of rotatable bonds is 2. The van der Waals surface area contributed by atoms with Gasteiger partial charge in [0.1, 0.15) is 0 Å². The third kappa shape index (κ3) is 1.38. The Morgan fingerprint density at radius 3 is 2.80 bits per heavy atom. The average molecular weight is 138 g/mol. The number of nitrogens with zero attached hydrogens (tertiary/aromatic N) is 2. The van der Waals surface area contributed by atoms with Gasteiger partial charge in [-0.1, -0.05) is 13.8 Å². The van der Waals surface area contributed by atoms with E-state index in [1.54, 1.807) is 0 Å². The van der Waals surface area contributed by atoms with Crippen molar-refractivity contribution < 1.29 is 0 Å². The zero-order valence-corrected chi connectivity index (χ0v) is 6.83. The van der Waals surface area contributed by atoms with Crippen molar-refractivity contribution in [3.8, 4) is 0 Å². The molecule has 0 aliphatic heterocycles. The van der Waals surface area contributed by atoms with E-state index in [0.717, 1.165) is 6.42 Å². The fraction of sp³-hybridized carbons (Fsp3) is 0.625. The molecule has 2 nitrogen and oxygen atoms in total. The van der Waals surface area contributed by atoms with Crippen molar-refractivity contribution in [1.29, 1.82) is 0 Å². The summed E-state index contributed by atoms with van der Waals surface area (Å²) in [6, 6.07) is 0. The number of aryl methyl sites for hydroxylation is 1. The molecule has 1 heterocycles. The highest BCUT2D eigenvalue weighted by Gasteiger charge is 2.03. The molecular formula is C8H14N2. The number of hydrogen-bond donors (Lipinski definition) is 0. The van der Waals surface area contributed by atoms with Gasteiger partial charge in [-0.3, -0.25) is 0 Å². The average Bonchev–Trinajstić information content (AvgIpc) is 2.34. The molecule has 1 atom stereocenters. The van der Waals surface area contributed by atoms with Crippen LogP contribution in [0.1, 0.15) is 31.9 Å². The van der Waals surface area contributed by atoms with Crippen LogP contribution in [0, 0.1) is 0 Å². The Bertz CT molecular complexity index is 203. The van der Waals surface area contributed by atoms with Crippen molar-refractivity contribution in [2.24, 2.45) is 7.05 Å². The fourth-order valence-corrected chi connectivity index (χ4v) is 0.897. The lowest BCUT2D eigenvalue weighted by Crippen LogP contribution is -1.90. The standard InChI is InChI=1S/C8H14N2/c1-4-7(2)8-5-10(3)6-9-8/h5-7H,4H2,1-3H3. The summed E-state index contributed by atoms with van der Waals surface area (Å²) in [6.45, 7) is 4.38. The quantitative estimate of drug-likeness (QED) is 0.610. The molecule has 1 aromatic heterocycles. The first kappa shape index (κ1) is 7.32. The normalized spacial score (nSPS) is 13.5. The molecule has 0 aliphatic rings. The largest absolute Gasteiger partial charge is 0.340 e. The number of hydrogen-bond acceptors (Lipinski definition) is 1. The predicted molar refractivity (Wildman–Crippen MR) is 41.9 cm³/mol. The summed E-state index contributed by atoms with van der Waals surface area (Å²) < 4.78 is 1.99. The topological polar surface area (TPSA) is 17.8 Å². The minimum absolute atomic E-state index is 0.598. The number of imidazole rings is 1. The SMILES string of the molecule is CCC(C)c1cn(C)cn1. The number of aromatic nitrogens is 2. The molecule has 1 unspecified atom stereocenters. The molecule has 0 bridgehead atoms. The Labute approximate surface area is 61.9 Å². The van der Waals surface area contributed by atoms with Crippen LogP contribution < -0.4 is 0 Å². The van der Waals surface area contributed by atoms with Crippen LogP contribution in [0.15, 0.2) is 12.5 Å². The summed E-state index contributed by atoms with van der Waals surface area (Å²) in [6.07, 6.45) is 5.09. The van der Waals surface area contributed by atoms with Crippen LogP contribution in [0.25, 0.3) is 0 Å². The summed E-state index contributed by atoms with van der Waals surface area (Å²) in [7, 11) is 2.00. The summed E-state index contributed by atoms with van der Waals surface area (Å²) >= 11 is 0. The van der Waals surface area contributed by atoms with Gasteiger partial charge in [-0.05, 0) is 12.3 Å². The van der Waals surface area contributed by atoms with Gasteiger partial charge in [0.2, 0.25) is 0 Å². The molecule has 0 amide bonds. The van der Waals surface area contributed by atoms with Crippen LogP contribution in [0.5, 0.6) is 0 Å². The van der Waals surface area contributed by atoms with E-state index in [2.05, 4.69) is 25.0 Å². The molecule has 0 aliphatic carbocycles. The third-order valence-electron chi connectivity index (χ3n) is 1.84. The van der Waals surface area contributed by atoms with E-state index in [1.807, 2.05) is 17.9 Å². The molecule has 0 radical (unpaired) electrons. The van der Waals surface area contributed by atoms with Gasteiger partial charge in [0.15, 0.2) is 0 Å². The lowest BCUT2D eigenvalue weighted by atomic mass is 10.1. The minimum atomic E-state index is 0.598. The lowest BCUT2D eigenvalue weighted by Gasteiger charge is -2.01. The maximum Gasteiger partial charge on any atom is 0.0946 e. The Hall–Kier alpha value is -0.790. The molecule has 1 aromatic rings. The molecule has 56 valence electrons. The van der Waals surface area contributed by atoms with Crippen LogP contribution in [0.3, 0.4) is 0 Å². The highest BCUT2D eigenvalue weighted by Crippen LogP contribution is 2.14. The molecular weight excluding hydrogens is 124 g/mol. The van der Waals surface area contributed by atoms with Crippen LogP contribution in [0.4, 0.5) is 0 Å². The second-order valence-electron chi connectivity index (χ2n) is 2.77. The van der Waals surface area contributed by atoms with E-state index in [4.69, 9.17) is 0 Å². The Kier molecular flexibility index (Phi) is 2.10. The van der Waals surface area contributed by atoms with Gasteiger partial charge in [0.05, 0.1) is 12.0 Å². The first-order valence-electron chi connectivity index (χ1n) is 3.72. The Balaban J connectivity index is 2.74. The molecule has 2 heteroatoms.